The molecular formula is C11H15NO2S. The van der Waals surface area contributed by atoms with Gasteiger partial charge in [-0.15, -0.1) is 11.3 Å². The maximum Gasteiger partial charge on any atom is 0.261 e. The highest BCUT2D eigenvalue weighted by atomic mass is 32.1. The summed E-state index contributed by atoms with van der Waals surface area (Å²) in [7, 11) is 0. The molecule has 2 rings (SSSR count). The molecule has 0 aromatic carbocycles. The first-order valence-corrected chi connectivity index (χ1v) is 6.07. The Balaban J connectivity index is 1.84. The topological polar surface area (TPSA) is 49.3 Å². The summed E-state index contributed by atoms with van der Waals surface area (Å²) in [5.74, 6) is 0.344. The van der Waals surface area contributed by atoms with Crippen LogP contribution in [0.2, 0.25) is 0 Å². The third-order valence-corrected chi connectivity index (χ3v) is 3.72. The number of nitrogens with one attached hydrogen (secondary N) is 1. The molecule has 0 radical (unpaired) electrons. The lowest BCUT2D eigenvalue weighted by atomic mass is 10.2. The van der Waals surface area contributed by atoms with E-state index in [4.69, 9.17) is 0 Å². The van der Waals surface area contributed by atoms with Gasteiger partial charge in [0, 0.05) is 6.54 Å². The summed E-state index contributed by atoms with van der Waals surface area (Å²) in [6.07, 6.45) is 1.82. The van der Waals surface area contributed by atoms with Crippen molar-refractivity contribution in [1.82, 2.24) is 5.32 Å². The summed E-state index contributed by atoms with van der Waals surface area (Å²) < 4.78 is 0. The average Bonchev–Trinajstić information content (AvgIpc) is 2.98. The Hall–Kier alpha value is -0.870. The van der Waals surface area contributed by atoms with E-state index in [9.17, 15) is 9.90 Å². The van der Waals surface area contributed by atoms with Gasteiger partial charge in [0.15, 0.2) is 0 Å². The van der Waals surface area contributed by atoms with Crippen LogP contribution in [0.5, 0.6) is 0 Å². The number of aryl methyl sites for hydroxylation is 1. The van der Waals surface area contributed by atoms with Gasteiger partial charge in [-0.05, 0) is 42.7 Å². The molecule has 1 atom stereocenters. The number of rotatable bonds is 4. The molecule has 1 amide bonds. The number of hydrogen-bond acceptors (Lipinski definition) is 3. The fourth-order valence-electron chi connectivity index (χ4n) is 1.53. The van der Waals surface area contributed by atoms with Gasteiger partial charge in [-0.3, -0.25) is 4.79 Å². The van der Waals surface area contributed by atoms with Crippen molar-refractivity contribution in [3.05, 3.63) is 21.9 Å². The molecule has 1 aliphatic rings. The molecule has 1 aromatic heterocycles. The zero-order chi connectivity index (χ0) is 10.8. The quantitative estimate of drug-likeness (QED) is 0.817. The third kappa shape index (κ3) is 2.58. The molecule has 15 heavy (non-hydrogen) atoms. The molecule has 1 aliphatic carbocycles. The van der Waals surface area contributed by atoms with Gasteiger partial charge in [0.25, 0.3) is 5.91 Å². The predicted molar refractivity (Wildman–Crippen MR) is 60.1 cm³/mol. The average molecular weight is 225 g/mol. The second kappa shape index (κ2) is 4.33. The lowest BCUT2D eigenvalue weighted by Crippen LogP contribution is -2.32. The Morgan fingerprint density at radius 3 is 3.00 bits per heavy atom. The molecule has 0 bridgehead atoms. The number of carbonyl (C=O) groups is 1. The normalized spacial score (nSPS) is 17.5. The Bertz CT molecular complexity index is 357. The smallest absolute Gasteiger partial charge is 0.261 e. The van der Waals surface area contributed by atoms with Crippen LogP contribution < -0.4 is 5.32 Å². The number of amides is 1. The predicted octanol–water partition coefficient (Wildman–Crippen LogP) is 1.56. The first-order valence-electron chi connectivity index (χ1n) is 5.19. The highest BCUT2D eigenvalue weighted by molar-refractivity contribution is 7.12. The van der Waals surface area contributed by atoms with Gasteiger partial charge in [-0.1, -0.05) is 0 Å². The molecule has 0 aliphatic heterocycles. The second-order valence-corrected chi connectivity index (χ2v) is 4.96. The molecular weight excluding hydrogens is 210 g/mol. The van der Waals surface area contributed by atoms with Crippen molar-refractivity contribution in [3.63, 3.8) is 0 Å². The zero-order valence-corrected chi connectivity index (χ0v) is 9.51. The van der Waals surface area contributed by atoms with Crippen LogP contribution in [-0.2, 0) is 0 Å². The van der Waals surface area contributed by atoms with Gasteiger partial charge in [-0.2, -0.15) is 0 Å². The number of aliphatic hydroxyl groups excluding tert-OH is 1. The summed E-state index contributed by atoms with van der Waals surface area (Å²) in [5.41, 5.74) is 0.999. The zero-order valence-electron chi connectivity index (χ0n) is 8.69. The van der Waals surface area contributed by atoms with Crippen LogP contribution in [0.3, 0.4) is 0 Å². The lowest BCUT2D eigenvalue weighted by molar-refractivity contribution is 0.0904. The second-order valence-electron chi connectivity index (χ2n) is 4.05. The number of aliphatic hydroxyl groups is 1. The van der Waals surface area contributed by atoms with E-state index >= 15 is 0 Å². The van der Waals surface area contributed by atoms with Gasteiger partial charge >= 0.3 is 0 Å². The van der Waals surface area contributed by atoms with Gasteiger partial charge in [-0.25, -0.2) is 0 Å². The van der Waals surface area contributed by atoms with Crippen LogP contribution in [0.25, 0.3) is 0 Å². The molecule has 1 saturated carbocycles. The monoisotopic (exact) mass is 225 g/mol. The Kier molecular flexibility index (Phi) is 3.07. The summed E-state index contributed by atoms with van der Waals surface area (Å²) in [5, 5.41) is 14.3. The van der Waals surface area contributed by atoms with Crippen LogP contribution in [0, 0.1) is 12.8 Å². The SMILES string of the molecule is Cc1ccsc1C(=O)NCC(O)C1CC1. The van der Waals surface area contributed by atoms with E-state index in [0.29, 0.717) is 12.5 Å². The van der Waals surface area contributed by atoms with Crippen molar-refractivity contribution in [3.8, 4) is 0 Å². The first-order chi connectivity index (χ1) is 7.18. The van der Waals surface area contributed by atoms with E-state index in [1.54, 1.807) is 0 Å². The van der Waals surface area contributed by atoms with E-state index < -0.39 is 0 Å². The molecule has 3 nitrogen and oxygen atoms in total. The summed E-state index contributed by atoms with van der Waals surface area (Å²) in [6, 6.07) is 1.93. The molecule has 1 unspecified atom stereocenters. The number of hydrogen-bond donors (Lipinski definition) is 2. The Morgan fingerprint density at radius 1 is 1.73 bits per heavy atom. The highest BCUT2D eigenvalue weighted by Crippen LogP contribution is 2.32. The fraction of sp³-hybridized carbons (Fsp3) is 0.545. The molecule has 0 spiro atoms. The van der Waals surface area contributed by atoms with E-state index in [1.165, 1.54) is 11.3 Å². The van der Waals surface area contributed by atoms with Crippen LogP contribution in [0.15, 0.2) is 11.4 Å². The van der Waals surface area contributed by atoms with Crippen LogP contribution in [0.4, 0.5) is 0 Å². The van der Waals surface area contributed by atoms with Crippen molar-refractivity contribution in [2.45, 2.75) is 25.9 Å². The van der Waals surface area contributed by atoms with Crippen LogP contribution in [-0.4, -0.2) is 23.7 Å². The minimum atomic E-state index is -0.366. The molecule has 1 fully saturated rings. The van der Waals surface area contributed by atoms with Crippen molar-refractivity contribution in [2.24, 2.45) is 5.92 Å². The standard InChI is InChI=1S/C11H15NO2S/c1-7-4-5-15-10(7)11(14)12-6-9(13)8-2-3-8/h4-5,8-9,13H,2-3,6H2,1H3,(H,12,14). The molecule has 4 heteroatoms. The molecule has 1 aromatic rings. The fourth-order valence-corrected chi connectivity index (χ4v) is 2.37. The van der Waals surface area contributed by atoms with Crippen molar-refractivity contribution in [2.75, 3.05) is 6.54 Å². The summed E-state index contributed by atoms with van der Waals surface area (Å²) >= 11 is 1.44. The number of carbonyl (C=O) groups excluding carboxylic acids is 1. The number of thiophene rings is 1. The highest BCUT2D eigenvalue weighted by Gasteiger charge is 2.29. The minimum absolute atomic E-state index is 0.0674. The minimum Gasteiger partial charge on any atom is -0.391 e. The van der Waals surface area contributed by atoms with Gasteiger partial charge in [0.05, 0.1) is 11.0 Å². The van der Waals surface area contributed by atoms with Gasteiger partial charge < -0.3 is 10.4 Å². The Labute approximate surface area is 93.1 Å². The van der Waals surface area contributed by atoms with Crippen molar-refractivity contribution < 1.29 is 9.90 Å². The van der Waals surface area contributed by atoms with E-state index in [1.807, 2.05) is 18.4 Å². The van der Waals surface area contributed by atoms with Gasteiger partial charge in [0.2, 0.25) is 0 Å². The van der Waals surface area contributed by atoms with Crippen molar-refractivity contribution in [1.29, 1.82) is 0 Å². The Morgan fingerprint density at radius 2 is 2.47 bits per heavy atom. The molecule has 1 heterocycles. The van der Waals surface area contributed by atoms with Crippen LogP contribution in [0.1, 0.15) is 28.1 Å². The lowest BCUT2D eigenvalue weighted by Gasteiger charge is -2.10. The maximum absolute atomic E-state index is 11.7. The van der Waals surface area contributed by atoms with E-state index in [0.717, 1.165) is 23.3 Å². The molecule has 2 N–H and O–H groups in total. The van der Waals surface area contributed by atoms with E-state index in [2.05, 4.69) is 5.32 Å². The first kappa shape index (κ1) is 10.6. The largest absolute Gasteiger partial charge is 0.391 e. The third-order valence-electron chi connectivity index (χ3n) is 2.71. The maximum atomic E-state index is 11.7. The molecule has 0 saturated heterocycles. The summed E-state index contributed by atoms with van der Waals surface area (Å²) in [6.45, 7) is 2.30. The molecule has 82 valence electrons. The summed E-state index contributed by atoms with van der Waals surface area (Å²) in [4.78, 5) is 12.4. The van der Waals surface area contributed by atoms with E-state index in [-0.39, 0.29) is 12.0 Å². The van der Waals surface area contributed by atoms with Crippen molar-refractivity contribution >= 4 is 17.2 Å². The van der Waals surface area contributed by atoms with Crippen LogP contribution >= 0.6 is 11.3 Å². The van der Waals surface area contributed by atoms with Gasteiger partial charge in [0.1, 0.15) is 0 Å².